The molecule has 1 aromatic carbocycles. The van der Waals surface area contributed by atoms with Crippen LogP contribution < -0.4 is 4.74 Å². The number of nitrogens with zero attached hydrogens (tertiary/aromatic N) is 1. The Bertz CT molecular complexity index is 670. The van der Waals surface area contributed by atoms with Crippen LogP contribution in [-0.2, 0) is 6.54 Å². The first kappa shape index (κ1) is 13.9. The molecular formula is C16H19NO4. The predicted molar refractivity (Wildman–Crippen MR) is 78.8 cm³/mol. The fourth-order valence-corrected chi connectivity index (χ4v) is 2.54. The molecule has 0 bridgehead atoms. The number of carboxylic acids is 1. The van der Waals surface area contributed by atoms with Gasteiger partial charge in [-0.05, 0) is 37.8 Å². The van der Waals surface area contributed by atoms with Crippen molar-refractivity contribution in [3.63, 3.8) is 0 Å². The highest BCUT2D eigenvalue weighted by molar-refractivity contribution is 5.96. The highest BCUT2D eigenvalue weighted by atomic mass is 16.5. The maximum atomic E-state index is 11.5. The number of fused-ring (bicyclic) bond motifs is 1. The van der Waals surface area contributed by atoms with E-state index in [4.69, 9.17) is 4.74 Å². The van der Waals surface area contributed by atoms with Gasteiger partial charge in [-0.3, -0.25) is 0 Å². The third-order valence-electron chi connectivity index (χ3n) is 3.72. The molecule has 0 spiro atoms. The van der Waals surface area contributed by atoms with Crippen molar-refractivity contribution in [1.82, 2.24) is 4.57 Å². The van der Waals surface area contributed by atoms with Crippen LogP contribution in [0.4, 0.5) is 0 Å². The second kappa shape index (κ2) is 5.41. The van der Waals surface area contributed by atoms with Gasteiger partial charge in [-0.1, -0.05) is 12.1 Å². The van der Waals surface area contributed by atoms with Crippen molar-refractivity contribution in [2.45, 2.75) is 32.4 Å². The molecule has 5 heteroatoms. The van der Waals surface area contributed by atoms with E-state index in [0.717, 1.165) is 23.7 Å². The molecule has 0 aliphatic heterocycles. The summed E-state index contributed by atoms with van der Waals surface area (Å²) in [6.45, 7) is 2.56. The van der Waals surface area contributed by atoms with Crippen LogP contribution in [-0.4, -0.2) is 33.5 Å². The van der Waals surface area contributed by atoms with Gasteiger partial charge in [0, 0.05) is 11.9 Å². The number of ether oxygens (including phenoxy) is 1. The molecule has 0 saturated heterocycles. The molecule has 2 N–H and O–H groups in total. The summed E-state index contributed by atoms with van der Waals surface area (Å²) in [6.07, 6.45) is 1.73. The molecule has 1 atom stereocenters. The average molecular weight is 289 g/mol. The van der Waals surface area contributed by atoms with Crippen LogP contribution in [0.1, 0.15) is 30.3 Å². The molecule has 5 nitrogen and oxygen atoms in total. The summed E-state index contributed by atoms with van der Waals surface area (Å²) in [4.78, 5) is 11.5. The summed E-state index contributed by atoms with van der Waals surface area (Å²) in [5.74, 6) is 0.262. The summed E-state index contributed by atoms with van der Waals surface area (Å²) in [6, 6.07) is 7.24. The zero-order valence-corrected chi connectivity index (χ0v) is 12.0. The Morgan fingerprint density at radius 1 is 1.48 bits per heavy atom. The number of aliphatic hydroxyl groups excluding tert-OH is 1. The van der Waals surface area contributed by atoms with E-state index in [9.17, 15) is 15.0 Å². The van der Waals surface area contributed by atoms with Crippen molar-refractivity contribution in [1.29, 1.82) is 0 Å². The molecular weight excluding hydrogens is 270 g/mol. The lowest BCUT2D eigenvalue weighted by atomic mass is 10.2. The normalized spacial score (nSPS) is 16.1. The summed E-state index contributed by atoms with van der Waals surface area (Å²) < 4.78 is 7.49. The third-order valence-corrected chi connectivity index (χ3v) is 3.72. The van der Waals surface area contributed by atoms with Crippen LogP contribution in [0.15, 0.2) is 24.3 Å². The van der Waals surface area contributed by atoms with Crippen molar-refractivity contribution in [2.75, 3.05) is 6.61 Å². The van der Waals surface area contributed by atoms with Crippen molar-refractivity contribution in [2.24, 2.45) is 5.92 Å². The van der Waals surface area contributed by atoms with Crippen molar-refractivity contribution in [3.05, 3.63) is 30.0 Å². The molecule has 3 rings (SSSR count). The number of hydrogen-bond donors (Lipinski definition) is 2. The first-order chi connectivity index (χ1) is 10.1. The fraction of sp³-hybridized carbons (Fsp3) is 0.438. The Hall–Kier alpha value is -2.01. The molecule has 1 aromatic heterocycles. The number of carboxylic acid groups (broad SMARTS) is 1. The lowest BCUT2D eigenvalue weighted by molar-refractivity contribution is 0.0685. The van der Waals surface area contributed by atoms with E-state index in [-0.39, 0.29) is 6.61 Å². The Labute approximate surface area is 122 Å². The minimum absolute atomic E-state index is 0.191. The van der Waals surface area contributed by atoms with Gasteiger partial charge in [0.05, 0.1) is 11.6 Å². The van der Waals surface area contributed by atoms with Gasteiger partial charge in [0.2, 0.25) is 0 Å². The van der Waals surface area contributed by atoms with E-state index in [1.807, 2.05) is 22.8 Å². The second-order valence-electron chi connectivity index (χ2n) is 5.74. The molecule has 0 amide bonds. The van der Waals surface area contributed by atoms with Gasteiger partial charge < -0.3 is 19.5 Å². The van der Waals surface area contributed by atoms with Crippen LogP contribution in [0.25, 0.3) is 10.9 Å². The highest BCUT2D eigenvalue weighted by Gasteiger charge is 2.26. The van der Waals surface area contributed by atoms with Crippen LogP contribution in [0.5, 0.6) is 5.75 Å². The molecule has 0 radical (unpaired) electrons. The molecule has 1 saturated carbocycles. The summed E-state index contributed by atoms with van der Waals surface area (Å²) >= 11 is 0. The minimum Gasteiger partial charge on any atom is -0.489 e. The van der Waals surface area contributed by atoms with Gasteiger partial charge in [0.1, 0.15) is 18.1 Å². The number of hydrogen-bond acceptors (Lipinski definition) is 3. The maximum Gasteiger partial charge on any atom is 0.352 e. The number of carbonyl (C=O) groups is 1. The number of aliphatic hydroxyl groups is 1. The molecule has 1 aliphatic carbocycles. The number of para-hydroxylation sites is 1. The standard InChI is InChI=1S/C16H19NO4/c1-10(18)9-21-14-4-2-3-12-7-13(16(19)20)17(15(12)14)8-11-5-6-11/h2-4,7,10-11,18H,5-6,8-9H2,1H3,(H,19,20)/t10-/m1/s1. The van der Waals surface area contributed by atoms with E-state index >= 15 is 0 Å². The number of benzene rings is 1. The van der Waals surface area contributed by atoms with E-state index in [1.165, 1.54) is 0 Å². The first-order valence-corrected chi connectivity index (χ1v) is 7.22. The van der Waals surface area contributed by atoms with E-state index in [0.29, 0.717) is 23.9 Å². The molecule has 1 aliphatic rings. The first-order valence-electron chi connectivity index (χ1n) is 7.22. The Balaban J connectivity index is 2.07. The number of aromatic carboxylic acids is 1. The zero-order valence-electron chi connectivity index (χ0n) is 12.0. The van der Waals surface area contributed by atoms with Crippen molar-refractivity contribution < 1.29 is 19.7 Å². The zero-order chi connectivity index (χ0) is 15.0. The monoisotopic (exact) mass is 289 g/mol. The van der Waals surface area contributed by atoms with Gasteiger partial charge in [-0.25, -0.2) is 4.79 Å². The van der Waals surface area contributed by atoms with E-state index < -0.39 is 12.1 Å². The second-order valence-corrected chi connectivity index (χ2v) is 5.74. The van der Waals surface area contributed by atoms with E-state index in [2.05, 4.69) is 0 Å². The summed E-state index contributed by atoms with van der Waals surface area (Å²) in [5, 5.41) is 19.6. The Morgan fingerprint density at radius 2 is 2.24 bits per heavy atom. The van der Waals surface area contributed by atoms with Gasteiger partial charge in [0.25, 0.3) is 0 Å². The van der Waals surface area contributed by atoms with Gasteiger partial charge >= 0.3 is 5.97 Å². The summed E-state index contributed by atoms with van der Waals surface area (Å²) in [5.41, 5.74) is 1.10. The van der Waals surface area contributed by atoms with E-state index in [1.54, 1.807) is 13.0 Å². The van der Waals surface area contributed by atoms with Crippen LogP contribution in [0, 0.1) is 5.92 Å². The number of aromatic nitrogens is 1. The maximum absolute atomic E-state index is 11.5. The Morgan fingerprint density at radius 3 is 2.86 bits per heavy atom. The van der Waals surface area contributed by atoms with Crippen molar-refractivity contribution in [3.8, 4) is 5.75 Å². The Kier molecular flexibility index (Phi) is 3.59. The van der Waals surface area contributed by atoms with Crippen LogP contribution >= 0.6 is 0 Å². The lowest BCUT2D eigenvalue weighted by Gasteiger charge is -2.13. The smallest absolute Gasteiger partial charge is 0.352 e. The molecule has 112 valence electrons. The predicted octanol–water partition coefficient (Wildman–Crippen LogP) is 2.51. The van der Waals surface area contributed by atoms with Crippen LogP contribution in [0.2, 0.25) is 0 Å². The topological polar surface area (TPSA) is 71.7 Å². The van der Waals surface area contributed by atoms with Crippen LogP contribution in [0.3, 0.4) is 0 Å². The van der Waals surface area contributed by atoms with Crippen molar-refractivity contribution >= 4 is 16.9 Å². The lowest BCUT2D eigenvalue weighted by Crippen LogP contribution is -2.14. The number of rotatable bonds is 6. The quantitative estimate of drug-likeness (QED) is 0.857. The van der Waals surface area contributed by atoms with Gasteiger partial charge in [-0.2, -0.15) is 0 Å². The molecule has 21 heavy (non-hydrogen) atoms. The fourth-order valence-electron chi connectivity index (χ4n) is 2.54. The minimum atomic E-state index is -0.923. The SMILES string of the molecule is C[C@@H](O)COc1cccc2cc(C(=O)O)n(CC3CC3)c12. The molecule has 0 unspecified atom stereocenters. The summed E-state index contributed by atoms with van der Waals surface area (Å²) in [7, 11) is 0. The largest absolute Gasteiger partial charge is 0.489 e. The molecule has 1 fully saturated rings. The van der Waals surface area contributed by atoms with Gasteiger partial charge in [-0.15, -0.1) is 0 Å². The van der Waals surface area contributed by atoms with Gasteiger partial charge in [0.15, 0.2) is 0 Å². The third kappa shape index (κ3) is 2.88. The average Bonchev–Trinajstić information content (AvgIpc) is 3.16. The highest BCUT2D eigenvalue weighted by Crippen LogP contribution is 2.35. The molecule has 2 aromatic rings. The molecule has 1 heterocycles.